The third-order valence-corrected chi connectivity index (χ3v) is 3.17. The van der Waals surface area contributed by atoms with Gasteiger partial charge in [0.15, 0.2) is 0 Å². The van der Waals surface area contributed by atoms with Crippen LogP contribution in [0.25, 0.3) is 6.08 Å². The summed E-state index contributed by atoms with van der Waals surface area (Å²) in [4.78, 5) is 2.06. The predicted molar refractivity (Wildman–Crippen MR) is 84.6 cm³/mol. The third kappa shape index (κ3) is 3.38. The van der Waals surface area contributed by atoms with E-state index in [9.17, 15) is 4.39 Å². The van der Waals surface area contributed by atoms with Crippen LogP contribution >= 0.6 is 0 Å². The van der Waals surface area contributed by atoms with Gasteiger partial charge in [-0.2, -0.15) is 0 Å². The van der Waals surface area contributed by atoms with Crippen LogP contribution in [0, 0.1) is 5.82 Å². The summed E-state index contributed by atoms with van der Waals surface area (Å²) in [5.74, 6) is -0.249. The molecule has 0 heterocycles. The Balaban J connectivity index is 2.07. The van der Waals surface area contributed by atoms with E-state index in [1.54, 1.807) is 12.1 Å². The van der Waals surface area contributed by atoms with Gasteiger partial charge in [0.1, 0.15) is 5.82 Å². The average Bonchev–Trinajstić information content (AvgIpc) is 2.46. The van der Waals surface area contributed by atoms with Gasteiger partial charge >= 0.3 is 0 Å². The summed E-state index contributed by atoms with van der Waals surface area (Å²) in [7, 11) is 4.03. The number of nitrogens with one attached hydrogen (secondary N) is 1. The Morgan fingerprint density at radius 3 is 2.45 bits per heavy atom. The monoisotopic (exact) mass is 270 g/mol. The van der Waals surface area contributed by atoms with Crippen molar-refractivity contribution in [3.05, 3.63) is 66.0 Å². The number of hydrogen-bond donors (Lipinski definition) is 1. The molecule has 2 rings (SSSR count). The minimum Gasteiger partial charge on any atom is -0.380 e. The van der Waals surface area contributed by atoms with Crippen molar-refractivity contribution in [3.63, 3.8) is 0 Å². The molecule has 20 heavy (non-hydrogen) atoms. The fourth-order valence-electron chi connectivity index (χ4n) is 1.97. The topological polar surface area (TPSA) is 15.3 Å². The van der Waals surface area contributed by atoms with Crippen LogP contribution in [-0.2, 0) is 6.54 Å². The first kappa shape index (κ1) is 14.1. The highest BCUT2D eigenvalue weighted by Crippen LogP contribution is 2.19. The largest absolute Gasteiger partial charge is 0.380 e. The average molecular weight is 270 g/mol. The smallest absolute Gasteiger partial charge is 0.123 e. The number of rotatable bonds is 5. The Kier molecular flexibility index (Phi) is 4.41. The van der Waals surface area contributed by atoms with E-state index in [1.165, 1.54) is 23.4 Å². The summed E-state index contributed by atoms with van der Waals surface area (Å²) in [5.41, 5.74) is 4.00. The second-order valence-electron chi connectivity index (χ2n) is 4.85. The molecule has 0 saturated carbocycles. The van der Waals surface area contributed by atoms with E-state index in [0.717, 1.165) is 11.3 Å². The van der Waals surface area contributed by atoms with Gasteiger partial charge in [-0.15, -0.1) is 0 Å². The predicted octanol–water partition coefficient (Wildman–Crippen LogP) is 4.15. The van der Waals surface area contributed by atoms with Crippen LogP contribution in [0.3, 0.4) is 0 Å². The van der Waals surface area contributed by atoms with Gasteiger partial charge in [-0.3, -0.25) is 0 Å². The summed E-state index contributed by atoms with van der Waals surface area (Å²) in [5, 5.41) is 3.30. The van der Waals surface area contributed by atoms with Crippen molar-refractivity contribution in [1.82, 2.24) is 0 Å². The van der Waals surface area contributed by atoms with Crippen molar-refractivity contribution < 1.29 is 4.39 Å². The van der Waals surface area contributed by atoms with Crippen LogP contribution in [0.1, 0.15) is 11.1 Å². The maximum atomic E-state index is 13.1. The molecule has 104 valence electrons. The van der Waals surface area contributed by atoms with Crippen molar-refractivity contribution in [3.8, 4) is 0 Å². The van der Waals surface area contributed by atoms with Gasteiger partial charge in [0.25, 0.3) is 0 Å². The third-order valence-electron chi connectivity index (χ3n) is 3.17. The van der Waals surface area contributed by atoms with Crippen LogP contribution in [0.5, 0.6) is 0 Å². The number of nitrogens with zero attached hydrogens (tertiary/aromatic N) is 1. The number of anilines is 2. The summed E-state index contributed by atoms with van der Waals surface area (Å²) in [6, 6.07) is 13.0. The molecule has 0 amide bonds. The normalized spacial score (nSPS) is 10.2. The lowest BCUT2D eigenvalue weighted by Crippen LogP contribution is -2.08. The molecule has 2 nitrogen and oxygen atoms in total. The minimum absolute atomic E-state index is 0.249. The van der Waals surface area contributed by atoms with Crippen molar-refractivity contribution >= 4 is 17.5 Å². The van der Waals surface area contributed by atoms with Crippen molar-refractivity contribution in [1.29, 1.82) is 0 Å². The Morgan fingerprint density at radius 2 is 1.85 bits per heavy atom. The van der Waals surface area contributed by atoms with Gasteiger partial charge in [-0.25, -0.2) is 4.39 Å². The Labute approximate surface area is 119 Å². The molecule has 0 aliphatic heterocycles. The summed E-state index contributed by atoms with van der Waals surface area (Å²) >= 11 is 0. The maximum absolute atomic E-state index is 13.1. The first-order chi connectivity index (χ1) is 9.60. The summed E-state index contributed by atoms with van der Waals surface area (Å²) < 4.78 is 13.1. The van der Waals surface area contributed by atoms with Gasteiger partial charge in [-0.05, 0) is 41.5 Å². The fraction of sp³-hybridized carbons (Fsp3) is 0.176. The molecule has 3 heteroatoms. The first-order valence-electron chi connectivity index (χ1n) is 6.52. The van der Waals surface area contributed by atoms with E-state index in [-0.39, 0.29) is 5.82 Å². The second-order valence-corrected chi connectivity index (χ2v) is 4.85. The van der Waals surface area contributed by atoms with E-state index in [4.69, 9.17) is 0 Å². The van der Waals surface area contributed by atoms with E-state index in [0.29, 0.717) is 6.54 Å². The molecular weight excluding hydrogens is 251 g/mol. The van der Waals surface area contributed by atoms with E-state index < -0.39 is 0 Å². The lowest BCUT2D eigenvalue weighted by atomic mass is 10.1. The highest BCUT2D eigenvalue weighted by molar-refractivity contribution is 5.65. The molecule has 0 atom stereocenters. The number of hydrogen-bond acceptors (Lipinski definition) is 2. The molecular formula is C17H19FN2. The Hall–Kier alpha value is -2.29. The van der Waals surface area contributed by atoms with E-state index in [1.807, 2.05) is 14.1 Å². The lowest BCUT2D eigenvalue weighted by molar-refractivity contribution is 0.627. The molecule has 0 saturated heterocycles. The van der Waals surface area contributed by atoms with Crippen molar-refractivity contribution in [2.24, 2.45) is 0 Å². The van der Waals surface area contributed by atoms with Crippen molar-refractivity contribution in [2.45, 2.75) is 6.54 Å². The first-order valence-corrected chi connectivity index (χ1v) is 6.52. The lowest BCUT2D eigenvalue weighted by Gasteiger charge is -2.14. The van der Waals surface area contributed by atoms with E-state index in [2.05, 4.69) is 41.1 Å². The molecule has 0 unspecified atom stereocenters. The van der Waals surface area contributed by atoms with Crippen LogP contribution < -0.4 is 10.2 Å². The molecule has 0 aliphatic rings. The van der Waals surface area contributed by atoms with Gasteiger partial charge < -0.3 is 10.2 Å². The zero-order valence-corrected chi connectivity index (χ0v) is 11.9. The second kappa shape index (κ2) is 6.24. The van der Waals surface area contributed by atoms with Gasteiger partial charge in [-0.1, -0.05) is 24.8 Å². The van der Waals surface area contributed by atoms with Crippen LogP contribution in [0.4, 0.5) is 15.8 Å². The Bertz CT molecular complexity index is 588. The molecule has 1 N–H and O–H groups in total. The molecule has 2 aromatic carbocycles. The molecule has 0 spiro atoms. The molecule has 0 fully saturated rings. The van der Waals surface area contributed by atoms with Crippen molar-refractivity contribution in [2.75, 3.05) is 24.3 Å². The maximum Gasteiger partial charge on any atom is 0.123 e. The SMILES string of the molecule is C=Cc1cc(F)ccc1NCc1ccc(N(C)C)cc1. The van der Waals surface area contributed by atoms with Gasteiger partial charge in [0, 0.05) is 32.0 Å². The highest BCUT2D eigenvalue weighted by Gasteiger charge is 2.02. The standard InChI is InChI=1S/C17H19FN2/c1-4-14-11-15(18)7-10-17(14)19-12-13-5-8-16(9-6-13)20(2)3/h4-11,19H,1,12H2,2-3H3. The minimum atomic E-state index is -0.249. The molecule has 0 radical (unpaired) electrons. The summed E-state index contributed by atoms with van der Waals surface area (Å²) in [6.07, 6.45) is 1.65. The molecule has 2 aromatic rings. The summed E-state index contributed by atoms with van der Waals surface area (Å²) in [6.45, 7) is 4.40. The van der Waals surface area contributed by atoms with Gasteiger partial charge in [0.05, 0.1) is 0 Å². The zero-order chi connectivity index (χ0) is 14.5. The highest BCUT2D eigenvalue weighted by atomic mass is 19.1. The van der Waals surface area contributed by atoms with E-state index >= 15 is 0 Å². The van der Waals surface area contributed by atoms with Crippen LogP contribution in [-0.4, -0.2) is 14.1 Å². The number of halogens is 1. The van der Waals surface area contributed by atoms with Gasteiger partial charge in [0.2, 0.25) is 0 Å². The van der Waals surface area contributed by atoms with Crippen LogP contribution in [0.2, 0.25) is 0 Å². The number of benzene rings is 2. The molecule has 0 aromatic heterocycles. The molecule has 0 bridgehead atoms. The Morgan fingerprint density at radius 1 is 1.15 bits per heavy atom. The quantitative estimate of drug-likeness (QED) is 0.878. The molecule has 0 aliphatic carbocycles. The fourth-order valence-corrected chi connectivity index (χ4v) is 1.97. The van der Waals surface area contributed by atoms with Crippen LogP contribution in [0.15, 0.2) is 49.0 Å². The zero-order valence-electron chi connectivity index (χ0n) is 11.9.